The molecule has 1 spiro atoms. The Morgan fingerprint density at radius 2 is 1.93 bits per heavy atom. The molecule has 3 rings (SSSR count). The Hall–Kier alpha value is -2.01. The van der Waals surface area contributed by atoms with Crippen LogP contribution in [0.4, 0.5) is 0 Å². The fourth-order valence-electron chi connectivity index (χ4n) is 4.14. The lowest BCUT2D eigenvalue weighted by Gasteiger charge is -2.35. The minimum absolute atomic E-state index is 0.219. The Morgan fingerprint density at radius 1 is 1.25 bits per heavy atom. The molecule has 0 unspecified atom stereocenters. The lowest BCUT2D eigenvalue weighted by Crippen LogP contribution is -2.47. The second-order valence-electron chi connectivity index (χ2n) is 7.87. The quantitative estimate of drug-likeness (QED) is 0.724. The van der Waals surface area contributed by atoms with Crippen LogP contribution in [0, 0.1) is 5.92 Å². The molecule has 1 aromatic rings. The molecule has 1 aliphatic carbocycles. The van der Waals surface area contributed by atoms with Crippen LogP contribution in [-0.2, 0) is 20.7 Å². The maximum absolute atomic E-state index is 13.2. The summed E-state index contributed by atoms with van der Waals surface area (Å²) in [6, 6.07) is 3.54. The normalized spacial score (nSPS) is 18.6. The molecule has 1 N–H and O–H groups in total. The van der Waals surface area contributed by atoms with Crippen LogP contribution in [0.2, 0.25) is 5.02 Å². The van der Waals surface area contributed by atoms with E-state index in [9.17, 15) is 9.59 Å². The van der Waals surface area contributed by atoms with Crippen LogP contribution in [-0.4, -0.2) is 24.5 Å². The van der Waals surface area contributed by atoms with Crippen molar-refractivity contribution in [3.63, 3.8) is 0 Å². The van der Waals surface area contributed by atoms with E-state index in [1.165, 1.54) is 0 Å². The molecule has 1 fully saturated rings. The highest BCUT2D eigenvalue weighted by molar-refractivity contribution is 6.31. The van der Waals surface area contributed by atoms with Gasteiger partial charge < -0.3 is 14.8 Å². The van der Waals surface area contributed by atoms with Crippen molar-refractivity contribution in [1.82, 2.24) is 5.32 Å². The highest BCUT2D eigenvalue weighted by Crippen LogP contribution is 2.46. The van der Waals surface area contributed by atoms with E-state index >= 15 is 0 Å². The van der Waals surface area contributed by atoms with Gasteiger partial charge in [-0.25, -0.2) is 0 Å². The minimum Gasteiger partial charge on any atom is -0.496 e. The SMILES string of the molecule is CCc1cc(Cl)cc(OC)c1C1=C(OC(=O)C(C)C)C2(CCCCC2)NC1=O. The third-order valence-corrected chi connectivity index (χ3v) is 5.84. The third kappa shape index (κ3) is 3.64. The second kappa shape index (κ2) is 8.16. The van der Waals surface area contributed by atoms with Crippen LogP contribution >= 0.6 is 11.6 Å². The predicted molar refractivity (Wildman–Crippen MR) is 109 cm³/mol. The number of ether oxygens (including phenoxy) is 2. The van der Waals surface area contributed by atoms with Gasteiger partial charge in [0.15, 0.2) is 0 Å². The van der Waals surface area contributed by atoms with E-state index in [0.717, 1.165) is 37.7 Å². The molecule has 1 saturated carbocycles. The molecule has 0 atom stereocenters. The van der Waals surface area contributed by atoms with Gasteiger partial charge in [0.1, 0.15) is 11.5 Å². The van der Waals surface area contributed by atoms with Gasteiger partial charge in [0.25, 0.3) is 5.91 Å². The van der Waals surface area contributed by atoms with E-state index in [0.29, 0.717) is 34.1 Å². The molecule has 1 aromatic carbocycles. The van der Waals surface area contributed by atoms with E-state index < -0.39 is 5.54 Å². The number of methoxy groups -OCH3 is 1. The number of rotatable bonds is 5. The zero-order valence-corrected chi connectivity index (χ0v) is 17.7. The number of hydrogen-bond donors (Lipinski definition) is 1. The molecule has 0 bridgehead atoms. The van der Waals surface area contributed by atoms with Crippen LogP contribution in [0.25, 0.3) is 5.57 Å². The molecular weight excluding hydrogens is 378 g/mol. The maximum atomic E-state index is 13.2. The van der Waals surface area contributed by atoms with Crippen LogP contribution in [0.1, 0.15) is 64.0 Å². The smallest absolute Gasteiger partial charge is 0.313 e. The standard InChI is InChI=1S/C22H28ClNO4/c1-5-14-11-15(23)12-16(27-4)17(14)18-19(28-21(26)13(2)3)22(24-20(18)25)9-7-6-8-10-22/h11-13H,5-10H2,1-4H3,(H,24,25). The molecular formula is C22H28ClNO4. The van der Waals surface area contributed by atoms with Crippen LogP contribution in [0.15, 0.2) is 17.9 Å². The summed E-state index contributed by atoms with van der Waals surface area (Å²) >= 11 is 6.25. The number of halogens is 1. The Morgan fingerprint density at radius 3 is 2.50 bits per heavy atom. The maximum Gasteiger partial charge on any atom is 0.313 e. The number of benzene rings is 1. The highest BCUT2D eigenvalue weighted by Gasteiger charge is 2.49. The van der Waals surface area contributed by atoms with Gasteiger partial charge in [0, 0.05) is 10.6 Å². The average molecular weight is 406 g/mol. The second-order valence-corrected chi connectivity index (χ2v) is 8.31. The van der Waals surface area contributed by atoms with Gasteiger partial charge in [0.2, 0.25) is 0 Å². The first kappa shape index (κ1) is 20.7. The summed E-state index contributed by atoms with van der Waals surface area (Å²) in [7, 11) is 1.55. The molecule has 0 aromatic heterocycles. The van der Waals surface area contributed by atoms with Crippen molar-refractivity contribution >= 4 is 29.1 Å². The summed E-state index contributed by atoms with van der Waals surface area (Å²) in [5.41, 5.74) is 1.34. The van der Waals surface area contributed by atoms with Gasteiger partial charge >= 0.3 is 5.97 Å². The molecule has 0 saturated heterocycles. The summed E-state index contributed by atoms with van der Waals surface area (Å²) < 4.78 is 11.5. The van der Waals surface area contributed by atoms with E-state index in [1.807, 2.05) is 13.0 Å². The first-order valence-corrected chi connectivity index (χ1v) is 10.4. The van der Waals surface area contributed by atoms with E-state index in [2.05, 4.69) is 5.32 Å². The van der Waals surface area contributed by atoms with E-state index in [1.54, 1.807) is 27.0 Å². The molecule has 2 aliphatic rings. The van der Waals surface area contributed by atoms with Crippen molar-refractivity contribution in [2.45, 2.75) is 64.8 Å². The molecule has 0 radical (unpaired) electrons. The monoisotopic (exact) mass is 405 g/mol. The third-order valence-electron chi connectivity index (χ3n) is 5.62. The van der Waals surface area contributed by atoms with Crippen LogP contribution in [0.3, 0.4) is 0 Å². The fourth-order valence-corrected chi connectivity index (χ4v) is 4.37. The molecule has 1 heterocycles. The summed E-state index contributed by atoms with van der Waals surface area (Å²) in [6.45, 7) is 5.58. The molecule has 152 valence electrons. The highest BCUT2D eigenvalue weighted by atomic mass is 35.5. The summed E-state index contributed by atoms with van der Waals surface area (Å²) in [6.07, 6.45) is 5.27. The molecule has 28 heavy (non-hydrogen) atoms. The minimum atomic E-state index is -0.620. The van der Waals surface area contributed by atoms with Gasteiger partial charge in [-0.05, 0) is 37.0 Å². The van der Waals surface area contributed by atoms with E-state index in [-0.39, 0.29) is 17.8 Å². The number of esters is 1. The Kier molecular flexibility index (Phi) is 6.04. The molecule has 6 heteroatoms. The van der Waals surface area contributed by atoms with Crippen LogP contribution < -0.4 is 10.1 Å². The average Bonchev–Trinajstić information content (AvgIpc) is 2.92. The van der Waals surface area contributed by atoms with Crippen molar-refractivity contribution in [1.29, 1.82) is 0 Å². The topological polar surface area (TPSA) is 64.6 Å². The number of aryl methyl sites for hydroxylation is 1. The van der Waals surface area contributed by atoms with Crippen molar-refractivity contribution in [2.24, 2.45) is 5.92 Å². The summed E-state index contributed by atoms with van der Waals surface area (Å²) in [4.78, 5) is 25.7. The van der Waals surface area contributed by atoms with Crippen LogP contribution in [0.5, 0.6) is 5.75 Å². The van der Waals surface area contributed by atoms with Crippen molar-refractivity contribution < 1.29 is 19.1 Å². The molecule has 1 amide bonds. The first-order valence-electron chi connectivity index (χ1n) is 9.98. The number of nitrogens with one attached hydrogen (secondary N) is 1. The van der Waals surface area contributed by atoms with E-state index in [4.69, 9.17) is 21.1 Å². The predicted octanol–water partition coefficient (Wildman–Crippen LogP) is 4.65. The summed E-state index contributed by atoms with van der Waals surface area (Å²) in [5.74, 6) is 0.123. The van der Waals surface area contributed by atoms with Crippen molar-refractivity contribution in [3.05, 3.63) is 34.0 Å². The number of amides is 1. The van der Waals surface area contributed by atoms with Gasteiger partial charge in [-0.15, -0.1) is 0 Å². The van der Waals surface area contributed by atoms with Gasteiger partial charge in [-0.1, -0.05) is 51.6 Å². The van der Waals surface area contributed by atoms with Gasteiger partial charge in [-0.3, -0.25) is 9.59 Å². The largest absolute Gasteiger partial charge is 0.496 e. The fraction of sp³-hybridized carbons (Fsp3) is 0.545. The molecule has 5 nitrogen and oxygen atoms in total. The zero-order valence-electron chi connectivity index (χ0n) is 17.0. The number of carbonyl (C=O) groups excluding carboxylic acids is 2. The Balaban J connectivity index is 2.25. The Bertz CT molecular complexity index is 797. The van der Waals surface area contributed by atoms with Gasteiger partial charge in [0.05, 0.1) is 24.1 Å². The van der Waals surface area contributed by atoms with Crippen molar-refractivity contribution in [2.75, 3.05) is 7.11 Å². The first-order chi connectivity index (χ1) is 13.3. The number of hydrogen-bond acceptors (Lipinski definition) is 4. The van der Waals surface area contributed by atoms with Gasteiger partial charge in [-0.2, -0.15) is 0 Å². The lowest BCUT2D eigenvalue weighted by atomic mass is 9.80. The van der Waals surface area contributed by atoms with Crippen molar-refractivity contribution in [3.8, 4) is 5.75 Å². The molecule has 1 aliphatic heterocycles. The number of carbonyl (C=O) groups is 2. The lowest BCUT2D eigenvalue weighted by molar-refractivity contribution is -0.144. The Labute approximate surface area is 171 Å². The zero-order chi connectivity index (χ0) is 20.5. The summed E-state index contributed by atoms with van der Waals surface area (Å²) in [5, 5.41) is 3.70.